The number of anilines is 1. The van der Waals surface area contributed by atoms with Crippen LogP contribution in [0, 0.1) is 0 Å². The first kappa shape index (κ1) is 15.8. The fourth-order valence-corrected chi connectivity index (χ4v) is 2.28. The molecule has 0 amide bonds. The van der Waals surface area contributed by atoms with Crippen LogP contribution in [0.1, 0.15) is 32.4 Å². The number of nitrogens with one attached hydrogen (secondary N) is 1. The molecule has 1 aromatic heterocycles. The lowest BCUT2D eigenvalue weighted by molar-refractivity contribution is 0.318. The highest BCUT2D eigenvalue weighted by Crippen LogP contribution is 2.29. The molecule has 1 aromatic carbocycles. The molecule has 0 aliphatic heterocycles. The first-order valence-electron chi connectivity index (χ1n) is 7.40. The van der Waals surface area contributed by atoms with Crippen LogP contribution in [0.25, 0.3) is 0 Å². The predicted octanol–water partition coefficient (Wildman–Crippen LogP) is 5.16. The molecule has 1 atom stereocenters. The van der Waals surface area contributed by atoms with Gasteiger partial charge in [0.1, 0.15) is 11.5 Å². The second-order valence-electron chi connectivity index (χ2n) is 5.15. The number of ether oxygens (including phenoxy) is 1. The van der Waals surface area contributed by atoms with Gasteiger partial charge in [-0.25, -0.2) is 0 Å². The van der Waals surface area contributed by atoms with E-state index in [9.17, 15) is 0 Å². The van der Waals surface area contributed by atoms with Gasteiger partial charge in [-0.1, -0.05) is 18.5 Å². The highest BCUT2D eigenvalue weighted by Gasteiger charge is 2.09. The molecule has 1 unspecified atom stereocenters. The Hall–Kier alpha value is -1.61. The van der Waals surface area contributed by atoms with Crippen LogP contribution in [0.4, 0.5) is 5.69 Å². The maximum Gasteiger partial charge on any atom is 0.142 e. The van der Waals surface area contributed by atoms with Crippen molar-refractivity contribution >= 4 is 17.3 Å². The molecule has 4 heteroatoms. The quantitative estimate of drug-likeness (QED) is 0.732. The number of halogens is 1. The van der Waals surface area contributed by atoms with Crippen LogP contribution >= 0.6 is 11.6 Å². The number of hydrogen-bond donors (Lipinski definition) is 1. The van der Waals surface area contributed by atoms with Crippen molar-refractivity contribution < 1.29 is 9.15 Å². The van der Waals surface area contributed by atoms with E-state index >= 15 is 0 Å². The Morgan fingerprint density at radius 2 is 2.19 bits per heavy atom. The zero-order chi connectivity index (χ0) is 15.1. The Balaban J connectivity index is 1.95. The number of aryl methyl sites for hydroxylation is 1. The van der Waals surface area contributed by atoms with Gasteiger partial charge in [-0.2, -0.15) is 0 Å². The molecule has 0 bridgehead atoms. The van der Waals surface area contributed by atoms with Crippen molar-refractivity contribution in [1.29, 1.82) is 0 Å². The first-order valence-corrected chi connectivity index (χ1v) is 7.78. The zero-order valence-electron chi connectivity index (χ0n) is 12.6. The van der Waals surface area contributed by atoms with Gasteiger partial charge in [-0.15, -0.1) is 0 Å². The topological polar surface area (TPSA) is 34.4 Å². The van der Waals surface area contributed by atoms with Crippen LogP contribution in [-0.4, -0.2) is 12.6 Å². The summed E-state index contributed by atoms with van der Waals surface area (Å²) in [6, 6.07) is 9.90. The van der Waals surface area contributed by atoms with E-state index in [1.54, 1.807) is 6.26 Å². The van der Waals surface area contributed by atoms with Crippen molar-refractivity contribution in [3.05, 3.63) is 47.4 Å². The van der Waals surface area contributed by atoms with Gasteiger partial charge < -0.3 is 14.5 Å². The van der Waals surface area contributed by atoms with Crippen molar-refractivity contribution in [2.75, 3.05) is 11.9 Å². The smallest absolute Gasteiger partial charge is 0.142 e. The molecular weight excluding hydrogens is 286 g/mol. The summed E-state index contributed by atoms with van der Waals surface area (Å²) in [6.45, 7) is 4.94. The average Bonchev–Trinajstić information content (AvgIpc) is 2.98. The van der Waals surface area contributed by atoms with Gasteiger partial charge in [-0.05, 0) is 50.1 Å². The molecule has 0 saturated carbocycles. The van der Waals surface area contributed by atoms with Crippen molar-refractivity contribution in [2.24, 2.45) is 0 Å². The highest BCUT2D eigenvalue weighted by molar-refractivity contribution is 6.30. The lowest BCUT2D eigenvalue weighted by Gasteiger charge is -2.18. The summed E-state index contributed by atoms with van der Waals surface area (Å²) in [6.07, 6.45) is 4.58. The molecule has 2 rings (SSSR count). The van der Waals surface area contributed by atoms with Gasteiger partial charge in [0.25, 0.3) is 0 Å². The Kier molecular flexibility index (Phi) is 6.00. The molecule has 0 aliphatic carbocycles. The maximum absolute atomic E-state index is 6.08. The third-order valence-electron chi connectivity index (χ3n) is 3.21. The minimum Gasteiger partial charge on any atom is -0.491 e. The lowest BCUT2D eigenvalue weighted by atomic mass is 10.1. The highest BCUT2D eigenvalue weighted by atomic mass is 35.5. The molecule has 0 radical (unpaired) electrons. The van der Waals surface area contributed by atoms with E-state index in [4.69, 9.17) is 20.8 Å². The van der Waals surface area contributed by atoms with Gasteiger partial charge in [-0.3, -0.25) is 0 Å². The Morgan fingerprint density at radius 1 is 1.33 bits per heavy atom. The summed E-state index contributed by atoms with van der Waals surface area (Å²) in [5.74, 6) is 1.86. The summed E-state index contributed by atoms with van der Waals surface area (Å²) in [4.78, 5) is 0. The molecule has 0 spiro atoms. The minimum atomic E-state index is 0.303. The van der Waals surface area contributed by atoms with Crippen LogP contribution in [0.3, 0.4) is 0 Å². The monoisotopic (exact) mass is 307 g/mol. The molecule has 21 heavy (non-hydrogen) atoms. The maximum atomic E-state index is 6.08. The molecule has 114 valence electrons. The summed E-state index contributed by atoms with van der Waals surface area (Å²) in [5, 5.41) is 4.18. The molecule has 2 aromatic rings. The number of furan rings is 1. The van der Waals surface area contributed by atoms with Crippen LogP contribution in [0.15, 0.2) is 41.0 Å². The molecule has 0 fully saturated rings. The summed E-state index contributed by atoms with van der Waals surface area (Å²) in [5.41, 5.74) is 0.947. The van der Waals surface area contributed by atoms with E-state index in [1.165, 1.54) is 0 Å². The van der Waals surface area contributed by atoms with Crippen LogP contribution < -0.4 is 10.1 Å². The fourth-order valence-electron chi connectivity index (χ4n) is 2.10. The average molecular weight is 308 g/mol. The Morgan fingerprint density at radius 3 is 2.90 bits per heavy atom. The number of rotatable bonds is 8. The molecule has 3 nitrogen and oxygen atoms in total. The molecule has 0 saturated heterocycles. The predicted molar refractivity (Wildman–Crippen MR) is 87.4 cm³/mol. The summed E-state index contributed by atoms with van der Waals surface area (Å²) < 4.78 is 11.1. The molecule has 1 N–H and O–H groups in total. The summed E-state index contributed by atoms with van der Waals surface area (Å²) >= 11 is 6.08. The number of hydrogen-bond acceptors (Lipinski definition) is 3. The van der Waals surface area contributed by atoms with E-state index in [-0.39, 0.29) is 0 Å². The van der Waals surface area contributed by atoms with Crippen LogP contribution in [0.5, 0.6) is 5.75 Å². The lowest BCUT2D eigenvalue weighted by Crippen LogP contribution is -2.16. The van der Waals surface area contributed by atoms with Crippen molar-refractivity contribution in [2.45, 2.75) is 39.2 Å². The standard InChI is InChI=1S/C17H22ClNO2/c1-3-10-21-17-9-7-14(18)12-16(17)19-13(2)6-8-15-5-4-11-20-15/h4-5,7,9,11-13,19H,3,6,8,10H2,1-2H3. The van der Waals surface area contributed by atoms with E-state index in [0.717, 1.165) is 36.5 Å². The first-order chi connectivity index (χ1) is 10.2. The van der Waals surface area contributed by atoms with Gasteiger partial charge in [0, 0.05) is 17.5 Å². The second kappa shape index (κ2) is 7.99. The Bertz CT molecular complexity index is 540. The third-order valence-corrected chi connectivity index (χ3v) is 3.44. The second-order valence-corrected chi connectivity index (χ2v) is 5.59. The van der Waals surface area contributed by atoms with Gasteiger partial charge >= 0.3 is 0 Å². The van der Waals surface area contributed by atoms with Gasteiger partial charge in [0.15, 0.2) is 0 Å². The van der Waals surface area contributed by atoms with Gasteiger partial charge in [0.05, 0.1) is 18.6 Å². The summed E-state index contributed by atoms with van der Waals surface area (Å²) in [7, 11) is 0. The fraction of sp³-hybridized carbons (Fsp3) is 0.412. The molecular formula is C17H22ClNO2. The van der Waals surface area contributed by atoms with Gasteiger partial charge in [0.2, 0.25) is 0 Å². The van der Waals surface area contributed by atoms with Crippen LogP contribution in [0.2, 0.25) is 5.02 Å². The SMILES string of the molecule is CCCOc1ccc(Cl)cc1NC(C)CCc1ccco1. The van der Waals surface area contributed by atoms with E-state index in [0.29, 0.717) is 17.7 Å². The van der Waals surface area contributed by atoms with E-state index in [2.05, 4.69) is 19.2 Å². The minimum absolute atomic E-state index is 0.303. The van der Waals surface area contributed by atoms with Crippen molar-refractivity contribution in [3.8, 4) is 5.75 Å². The van der Waals surface area contributed by atoms with Crippen LogP contribution in [-0.2, 0) is 6.42 Å². The van der Waals surface area contributed by atoms with Crippen molar-refractivity contribution in [1.82, 2.24) is 0 Å². The zero-order valence-corrected chi connectivity index (χ0v) is 13.3. The third kappa shape index (κ3) is 5.01. The molecule has 0 aliphatic rings. The largest absolute Gasteiger partial charge is 0.491 e. The Labute approximate surface area is 131 Å². The van der Waals surface area contributed by atoms with Crippen molar-refractivity contribution in [3.63, 3.8) is 0 Å². The molecule has 1 heterocycles. The van der Waals surface area contributed by atoms with E-state index < -0.39 is 0 Å². The number of benzene rings is 1. The normalized spacial score (nSPS) is 12.1. The van der Waals surface area contributed by atoms with E-state index in [1.807, 2.05) is 30.3 Å².